The highest BCUT2D eigenvalue weighted by Gasteiger charge is 2.22. The average Bonchev–Trinajstić information content (AvgIpc) is 2.51. The molecule has 0 aliphatic carbocycles. The summed E-state index contributed by atoms with van der Waals surface area (Å²) in [5.74, 6) is -0.0165. The second-order valence-corrected chi connectivity index (χ2v) is 3.15. The van der Waals surface area contributed by atoms with Crippen LogP contribution in [0.25, 0.3) is 0 Å². The van der Waals surface area contributed by atoms with Crippen LogP contribution in [0.1, 0.15) is 13.3 Å². The van der Waals surface area contributed by atoms with Gasteiger partial charge in [0.25, 0.3) is 0 Å². The van der Waals surface area contributed by atoms with E-state index in [0.29, 0.717) is 19.8 Å². The van der Waals surface area contributed by atoms with Gasteiger partial charge in [0.05, 0.1) is 18.6 Å². The van der Waals surface area contributed by atoms with Crippen molar-refractivity contribution in [2.75, 3.05) is 19.8 Å². The second kappa shape index (κ2) is 4.42. The van der Waals surface area contributed by atoms with Crippen molar-refractivity contribution in [1.29, 1.82) is 0 Å². The number of hydrogen-bond acceptors (Lipinski definition) is 3. The fraction of sp³-hybridized carbons (Fsp3) is 0.875. The zero-order chi connectivity index (χ0) is 8.97. The summed E-state index contributed by atoms with van der Waals surface area (Å²) in [5.41, 5.74) is 0. The first-order chi connectivity index (χ1) is 5.70. The van der Waals surface area contributed by atoms with E-state index in [1.165, 1.54) is 0 Å². The first-order valence-electron chi connectivity index (χ1n) is 4.23. The number of aliphatic hydroxyl groups is 1. The maximum atomic E-state index is 11.2. The molecule has 12 heavy (non-hydrogen) atoms. The molecule has 2 N–H and O–H groups in total. The summed E-state index contributed by atoms with van der Waals surface area (Å²) in [6, 6.07) is 0. The Hall–Kier alpha value is -0.610. The molecular weight excluding hydrogens is 158 g/mol. The molecule has 1 rings (SSSR count). The van der Waals surface area contributed by atoms with E-state index in [9.17, 15) is 4.79 Å². The number of rotatable bonds is 3. The molecule has 4 nitrogen and oxygen atoms in total. The van der Waals surface area contributed by atoms with Gasteiger partial charge in [0.1, 0.15) is 0 Å². The van der Waals surface area contributed by atoms with Crippen LogP contribution in [0, 0.1) is 5.92 Å². The zero-order valence-electron chi connectivity index (χ0n) is 7.25. The van der Waals surface area contributed by atoms with E-state index in [0.717, 1.165) is 6.42 Å². The number of hydrogen-bond donors (Lipinski definition) is 2. The molecule has 2 unspecified atom stereocenters. The molecule has 1 aliphatic heterocycles. The first kappa shape index (κ1) is 9.48. The summed E-state index contributed by atoms with van der Waals surface area (Å²) >= 11 is 0. The van der Waals surface area contributed by atoms with Gasteiger partial charge in [0.15, 0.2) is 0 Å². The van der Waals surface area contributed by atoms with Crippen molar-refractivity contribution in [3.63, 3.8) is 0 Å². The molecule has 0 aromatic heterocycles. The van der Waals surface area contributed by atoms with Crippen LogP contribution in [0.4, 0.5) is 0 Å². The van der Waals surface area contributed by atoms with Crippen LogP contribution in [-0.2, 0) is 9.53 Å². The molecule has 1 heterocycles. The zero-order valence-corrected chi connectivity index (χ0v) is 7.25. The van der Waals surface area contributed by atoms with E-state index >= 15 is 0 Å². The minimum atomic E-state index is -0.476. The van der Waals surface area contributed by atoms with Crippen LogP contribution in [-0.4, -0.2) is 36.9 Å². The summed E-state index contributed by atoms with van der Waals surface area (Å²) in [6.45, 7) is 3.17. The monoisotopic (exact) mass is 173 g/mol. The highest BCUT2D eigenvalue weighted by atomic mass is 16.5. The Bertz CT molecular complexity index is 152. The molecule has 1 amide bonds. The lowest BCUT2D eigenvalue weighted by Crippen LogP contribution is -2.35. The van der Waals surface area contributed by atoms with Gasteiger partial charge in [-0.05, 0) is 13.3 Å². The number of nitrogens with one attached hydrogen (secondary N) is 1. The van der Waals surface area contributed by atoms with Gasteiger partial charge in [-0.25, -0.2) is 0 Å². The van der Waals surface area contributed by atoms with Gasteiger partial charge >= 0.3 is 0 Å². The number of carbonyl (C=O) groups excluding carboxylic acids is 1. The molecule has 1 saturated heterocycles. The lowest BCUT2D eigenvalue weighted by atomic mass is 10.1. The van der Waals surface area contributed by atoms with Crippen molar-refractivity contribution in [1.82, 2.24) is 5.32 Å². The van der Waals surface area contributed by atoms with Gasteiger partial charge < -0.3 is 15.2 Å². The van der Waals surface area contributed by atoms with E-state index in [1.807, 2.05) is 0 Å². The molecule has 70 valence electrons. The molecule has 0 aromatic rings. The maximum absolute atomic E-state index is 11.2. The van der Waals surface area contributed by atoms with Crippen LogP contribution >= 0.6 is 0 Å². The van der Waals surface area contributed by atoms with Crippen molar-refractivity contribution < 1.29 is 14.6 Å². The molecule has 0 bridgehead atoms. The number of amides is 1. The topological polar surface area (TPSA) is 58.6 Å². The predicted molar refractivity (Wildman–Crippen MR) is 43.6 cm³/mol. The Morgan fingerprint density at radius 2 is 2.58 bits per heavy atom. The minimum absolute atomic E-state index is 0.00611. The quantitative estimate of drug-likeness (QED) is 0.606. The first-order valence-corrected chi connectivity index (χ1v) is 4.23. The molecular formula is C8H15NO3. The van der Waals surface area contributed by atoms with Crippen LogP contribution in [0.15, 0.2) is 0 Å². The van der Waals surface area contributed by atoms with Crippen LogP contribution in [0.3, 0.4) is 0 Å². The highest BCUT2D eigenvalue weighted by Crippen LogP contribution is 2.11. The van der Waals surface area contributed by atoms with Gasteiger partial charge in [-0.3, -0.25) is 4.79 Å². The molecule has 1 aliphatic rings. The third-order valence-electron chi connectivity index (χ3n) is 1.87. The Morgan fingerprint density at radius 3 is 3.08 bits per heavy atom. The van der Waals surface area contributed by atoms with Gasteiger partial charge in [0, 0.05) is 13.2 Å². The normalized spacial score (nSPS) is 25.3. The molecule has 1 fully saturated rings. The van der Waals surface area contributed by atoms with E-state index in [1.54, 1.807) is 6.92 Å². The summed E-state index contributed by atoms with van der Waals surface area (Å²) < 4.78 is 5.06. The number of ether oxygens (including phenoxy) is 1. The van der Waals surface area contributed by atoms with E-state index in [2.05, 4.69) is 5.32 Å². The van der Waals surface area contributed by atoms with Crippen LogP contribution in [0.5, 0.6) is 0 Å². The average molecular weight is 173 g/mol. The highest BCUT2D eigenvalue weighted by molar-refractivity contribution is 5.78. The molecule has 0 aromatic carbocycles. The Balaban J connectivity index is 2.18. The SMILES string of the molecule is CC(O)CNC(=O)C1CCOC1. The molecule has 4 heteroatoms. The molecule has 0 radical (unpaired) electrons. The number of aliphatic hydroxyl groups excluding tert-OH is 1. The standard InChI is InChI=1S/C8H15NO3/c1-6(10)4-9-8(11)7-2-3-12-5-7/h6-7,10H,2-5H2,1H3,(H,9,11). The van der Waals surface area contributed by atoms with Crippen molar-refractivity contribution in [2.24, 2.45) is 5.92 Å². The van der Waals surface area contributed by atoms with E-state index in [4.69, 9.17) is 9.84 Å². The van der Waals surface area contributed by atoms with Gasteiger partial charge in [-0.1, -0.05) is 0 Å². The summed E-state index contributed by atoms with van der Waals surface area (Å²) in [7, 11) is 0. The summed E-state index contributed by atoms with van der Waals surface area (Å²) in [4.78, 5) is 11.2. The third kappa shape index (κ3) is 2.79. The molecule has 2 atom stereocenters. The summed E-state index contributed by atoms with van der Waals surface area (Å²) in [5, 5.41) is 11.6. The van der Waals surface area contributed by atoms with Crippen LogP contribution < -0.4 is 5.32 Å². The Morgan fingerprint density at radius 1 is 1.83 bits per heavy atom. The lowest BCUT2D eigenvalue weighted by Gasteiger charge is -2.10. The summed E-state index contributed by atoms with van der Waals surface area (Å²) in [6.07, 6.45) is 0.322. The largest absolute Gasteiger partial charge is 0.392 e. The van der Waals surface area contributed by atoms with E-state index in [-0.39, 0.29) is 11.8 Å². The second-order valence-electron chi connectivity index (χ2n) is 3.15. The predicted octanol–water partition coefficient (Wildman–Crippen LogP) is -0.480. The lowest BCUT2D eigenvalue weighted by molar-refractivity contribution is -0.125. The van der Waals surface area contributed by atoms with Gasteiger partial charge in [-0.15, -0.1) is 0 Å². The van der Waals surface area contributed by atoms with E-state index < -0.39 is 6.10 Å². The minimum Gasteiger partial charge on any atom is -0.392 e. The number of carbonyl (C=O) groups is 1. The van der Waals surface area contributed by atoms with Crippen molar-refractivity contribution in [2.45, 2.75) is 19.4 Å². The van der Waals surface area contributed by atoms with Gasteiger partial charge in [-0.2, -0.15) is 0 Å². The Labute approximate surface area is 71.9 Å². The smallest absolute Gasteiger partial charge is 0.225 e. The maximum Gasteiger partial charge on any atom is 0.225 e. The fourth-order valence-corrected chi connectivity index (χ4v) is 1.13. The van der Waals surface area contributed by atoms with Crippen molar-refractivity contribution >= 4 is 5.91 Å². The van der Waals surface area contributed by atoms with Crippen LogP contribution in [0.2, 0.25) is 0 Å². The van der Waals surface area contributed by atoms with Crippen molar-refractivity contribution in [3.05, 3.63) is 0 Å². The van der Waals surface area contributed by atoms with Gasteiger partial charge in [0.2, 0.25) is 5.91 Å². The fourth-order valence-electron chi connectivity index (χ4n) is 1.13. The Kier molecular flexibility index (Phi) is 3.49. The van der Waals surface area contributed by atoms with Crippen molar-refractivity contribution in [3.8, 4) is 0 Å². The molecule has 0 saturated carbocycles. The molecule has 0 spiro atoms. The third-order valence-corrected chi connectivity index (χ3v) is 1.87.